The minimum atomic E-state index is 0.739. The van der Waals surface area contributed by atoms with Gasteiger partial charge in [0.1, 0.15) is 5.75 Å². The third-order valence-electron chi connectivity index (χ3n) is 2.08. The predicted octanol–water partition coefficient (Wildman–Crippen LogP) is 3.87. The zero-order chi connectivity index (χ0) is 11.5. The Hall–Kier alpha value is -0.810. The van der Waals surface area contributed by atoms with E-state index in [-0.39, 0.29) is 0 Å². The molecule has 0 bridgehead atoms. The Balaban J connectivity index is 2.29. The van der Waals surface area contributed by atoms with Gasteiger partial charge in [0.25, 0.3) is 0 Å². The molecular formula is C11H10Br2N2O. The summed E-state index contributed by atoms with van der Waals surface area (Å²) < 4.78 is 8.46. The summed E-state index contributed by atoms with van der Waals surface area (Å²) in [4.78, 5) is 0. The van der Waals surface area contributed by atoms with Gasteiger partial charge in [-0.3, -0.25) is 4.68 Å². The number of alkyl halides is 1. The van der Waals surface area contributed by atoms with Crippen LogP contribution in [-0.2, 0) is 12.4 Å². The van der Waals surface area contributed by atoms with Crippen molar-refractivity contribution in [3.63, 3.8) is 0 Å². The van der Waals surface area contributed by atoms with Crippen LogP contribution in [-0.4, -0.2) is 9.78 Å². The van der Waals surface area contributed by atoms with E-state index in [9.17, 15) is 0 Å². The molecule has 0 saturated carbocycles. The Kier molecular flexibility index (Phi) is 3.66. The SMILES string of the molecule is Cn1cc(Oc2cc(Br)ccc2CBr)cn1. The van der Waals surface area contributed by atoms with Crippen molar-refractivity contribution >= 4 is 31.9 Å². The minimum absolute atomic E-state index is 0.739. The molecule has 0 saturated heterocycles. The van der Waals surface area contributed by atoms with Gasteiger partial charge in [-0.15, -0.1) is 0 Å². The number of aromatic nitrogens is 2. The number of hydrogen-bond donors (Lipinski definition) is 0. The Bertz CT molecular complexity index is 496. The molecule has 0 spiro atoms. The first-order valence-corrected chi connectivity index (χ1v) is 6.61. The summed E-state index contributed by atoms with van der Waals surface area (Å²) in [6.45, 7) is 0. The van der Waals surface area contributed by atoms with E-state index in [0.29, 0.717) is 0 Å². The topological polar surface area (TPSA) is 27.1 Å². The molecular weight excluding hydrogens is 336 g/mol. The van der Waals surface area contributed by atoms with Crippen molar-refractivity contribution in [1.82, 2.24) is 9.78 Å². The molecule has 1 aromatic carbocycles. The summed E-state index contributed by atoms with van der Waals surface area (Å²) in [6.07, 6.45) is 3.53. The van der Waals surface area contributed by atoms with Crippen LogP contribution in [0.25, 0.3) is 0 Å². The van der Waals surface area contributed by atoms with Crippen molar-refractivity contribution in [2.45, 2.75) is 5.33 Å². The van der Waals surface area contributed by atoms with Gasteiger partial charge in [-0.1, -0.05) is 37.9 Å². The molecule has 5 heteroatoms. The molecule has 0 radical (unpaired) electrons. The van der Waals surface area contributed by atoms with Crippen LogP contribution in [0.5, 0.6) is 11.5 Å². The number of rotatable bonds is 3. The van der Waals surface area contributed by atoms with Crippen molar-refractivity contribution in [1.29, 1.82) is 0 Å². The van der Waals surface area contributed by atoms with E-state index in [1.807, 2.05) is 31.4 Å². The van der Waals surface area contributed by atoms with Gasteiger partial charge in [0, 0.05) is 22.4 Å². The summed E-state index contributed by atoms with van der Waals surface area (Å²) in [5.74, 6) is 1.57. The highest BCUT2D eigenvalue weighted by atomic mass is 79.9. The first kappa shape index (κ1) is 11.7. The molecule has 3 nitrogen and oxygen atoms in total. The molecule has 1 heterocycles. The van der Waals surface area contributed by atoms with Crippen LogP contribution in [0.3, 0.4) is 0 Å². The van der Waals surface area contributed by atoms with Gasteiger partial charge >= 0.3 is 0 Å². The molecule has 0 fully saturated rings. The Morgan fingerprint density at radius 1 is 1.44 bits per heavy atom. The minimum Gasteiger partial charge on any atom is -0.454 e. The number of halogens is 2. The van der Waals surface area contributed by atoms with Gasteiger partial charge < -0.3 is 4.74 Å². The molecule has 0 amide bonds. The van der Waals surface area contributed by atoms with E-state index in [1.54, 1.807) is 10.9 Å². The van der Waals surface area contributed by atoms with Crippen molar-refractivity contribution in [2.75, 3.05) is 0 Å². The highest BCUT2D eigenvalue weighted by molar-refractivity contribution is 9.10. The van der Waals surface area contributed by atoms with Crippen LogP contribution < -0.4 is 4.74 Å². The number of benzene rings is 1. The van der Waals surface area contributed by atoms with E-state index in [4.69, 9.17) is 4.74 Å². The number of aryl methyl sites for hydroxylation is 1. The van der Waals surface area contributed by atoms with Gasteiger partial charge in [0.15, 0.2) is 5.75 Å². The summed E-state index contributed by atoms with van der Waals surface area (Å²) in [5, 5.41) is 4.82. The van der Waals surface area contributed by atoms with Crippen molar-refractivity contribution in [3.05, 3.63) is 40.6 Å². The van der Waals surface area contributed by atoms with Crippen molar-refractivity contribution < 1.29 is 4.74 Å². The van der Waals surface area contributed by atoms with Gasteiger partial charge in [0.05, 0.1) is 12.4 Å². The molecule has 2 rings (SSSR count). The standard InChI is InChI=1S/C11H10Br2N2O/c1-15-7-10(6-14-15)16-11-4-9(13)3-2-8(11)5-12/h2-4,6-7H,5H2,1H3. The smallest absolute Gasteiger partial charge is 0.165 e. The second-order valence-corrected chi connectivity index (χ2v) is 4.81. The maximum atomic E-state index is 5.76. The summed E-state index contributed by atoms with van der Waals surface area (Å²) in [7, 11) is 1.86. The molecule has 0 unspecified atom stereocenters. The molecule has 84 valence electrons. The van der Waals surface area contributed by atoms with Crippen LogP contribution in [0, 0.1) is 0 Å². The Morgan fingerprint density at radius 3 is 2.88 bits per heavy atom. The second-order valence-electron chi connectivity index (χ2n) is 3.34. The third-order valence-corrected chi connectivity index (χ3v) is 3.18. The highest BCUT2D eigenvalue weighted by Gasteiger charge is 2.06. The second kappa shape index (κ2) is 5.01. The maximum absolute atomic E-state index is 5.76. The van der Waals surface area contributed by atoms with Gasteiger partial charge in [-0.25, -0.2) is 0 Å². The van der Waals surface area contributed by atoms with Gasteiger partial charge in [-0.2, -0.15) is 5.10 Å². The first-order chi connectivity index (χ1) is 7.69. The maximum Gasteiger partial charge on any atom is 0.165 e. The van der Waals surface area contributed by atoms with Crippen LogP contribution in [0.1, 0.15) is 5.56 Å². The molecule has 0 aliphatic rings. The highest BCUT2D eigenvalue weighted by Crippen LogP contribution is 2.29. The molecule has 16 heavy (non-hydrogen) atoms. The third kappa shape index (κ3) is 2.65. The fourth-order valence-corrected chi connectivity index (χ4v) is 2.12. The zero-order valence-corrected chi connectivity index (χ0v) is 11.8. The normalized spacial score (nSPS) is 10.4. The monoisotopic (exact) mass is 344 g/mol. The van der Waals surface area contributed by atoms with Crippen molar-refractivity contribution in [2.24, 2.45) is 7.05 Å². The average molecular weight is 346 g/mol. The van der Waals surface area contributed by atoms with E-state index in [1.165, 1.54) is 0 Å². The first-order valence-electron chi connectivity index (χ1n) is 4.70. The van der Waals surface area contributed by atoms with E-state index in [0.717, 1.165) is 26.9 Å². The van der Waals surface area contributed by atoms with Crippen LogP contribution >= 0.6 is 31.9 Å². The van der Waals surface area contributed by atoms with E-state index >= 15 is 0 Å². The largest absolute Gasteiger partial charge is 0.454 e. The Morgan fingerprint density at radius 2 is 2.25 bits per heavy atom. The summed E-state index contributed by atoms with van der Waals surface area (Å²) in [6, 6.07) is 5.96. The van der Waals surface area contributed by atoms with E-state index < -0.39 is 0 Å². The van der Waals surface area contributed by atoms with Crippen molar-refractivity contribution in [3.8, 4) is 11.5 Å². The molecule has 0 aliphatic heterocycles. The lowest BCUT2D eigenvalue weighted by Crippen LogP contribution is -1.89. The molecule has 0 atom stereocenters. The number of nitrogens with zero attached hydrogens (tertiary/aromatic N) is 2. The zero-order valence-electron chi connectivity index (χ0n) is 8.65. The Labute approximate surface area is 111 Å². The lowest BCUT2D eigenvalue weighted by Gasteiger charge is -2.08. The van der Waals surface area contributed by atoms with E-state index in [2.05, 4.69) is 37.0 Å². The number of hydrogen-bond acceptors (Lipinski definition) is 2. The fraction of sp³-hybridized carbons (Fsp3) is 0.182. The lowest BCUT2D eigenvalue weighted by molar-refractivity contribution is 0.477. The summed E-state index contributed by atoms with van der Waals surface area (Å²) >= 11 is 6.86. The quantitative estimate of drug-likeness (QED) is 0.789. The molecule has 0 N–H and O–H groups in total. The summed E-state index contributed by atoms with van der Waals surface area (Å²) in [5.41, 5.74) is 1.10. The van der Waals surface area contributed by atoms with Crippen LogP contribution in [0.2, 0.25) is 0 Å². The van der Waals surface area contributed by atoms with Crippen LogP contribution in [0.4, 0.5) is 0 Å². The number of ether oxygens (including phenoxy) is 1. The predicted molar refractivity (Wildman–Crippen MR) is 70.1 cm³/mol. The molecule has 1 aromatic heterocycles. The van der Waals surface area contributed by atoms with Gasteiger partial charge in [0.2, 0.25) is 0 Å². The molecule has 2 aromatic rings. The lowest BCUT2D eigenvalue weighted by atomic mass is 10.2. The molecule has 0 aliphatic carbocycles. The fourth-order valence-electron chi connectivity index (χ4n) is 1.31. The average Bonchev–Trinajstić information content (AvgIpc) is 2.64. The van der Waals surface area contributed by atoms with Gasteiger partial charge in [-0.05, 0) is 12.1 Å². The van der Waals surface area contributed by atoms with Crippen LogP contribution in [0.15, 0.2) is 35.1 Å².